The van der Waals surface area contributed by atoms with Crippen molar-refractivity contribution in [2.75, 3.05) is 5.32 Å². The lowest BCUT2D eigenvalue weighted by Crippen LogP contribution is -2.02. The first-order chi connectivity index (χ1) is 8.08. The van der Waals surface area contributed by atoms with E-state index in [9.17, 15) is 0 Å². The van der Waals surface area contributed by atoms with Gasteiger partial charge in [0.15, 0.2) is 0 Å². The standard InChI is InChI=1S/C12H13Cl2N3/c1-7-3-10(14)11(4-9(7)13)15-5-12-8(2)16-6-17-12/h3-4,6,15H,5H2,1-2H3,(H,16,17). The molecule has 0 radical (unpaired) electrons. The van der Waals surface area contributed by atoms with Crippen molar-refractivity contribution in [2.24, 2.45) is 0 Å². The summed E-state index contributed by atoms with van der Waals surface area (Å²) in [5, 5.41) is 4.60. The number of hydrogen-bond donors (Lipinski definition) is 2. The Labute approximate surface area is 110 Å². The zero-order valence-electron chi connectivity index (χ0n) is 9.64. The number of aromatic nitrogens is 2. The van der Waals surface area contributed by atoms with E-state index in [2.05, 4.69) is 15.3 Å². The first-order valence-electron chi connectivity index (χ1n) is 5.26. The predicted octanol–water partition coefficient (Wildman–Crippen LogP) is 3.95. The van der Waals surface area contributed by atoms with E-state index in [1.165, 1.54) is 0 Å². The molecule has 0 aliphatic heterocycles. The van der Waals surface area contributed by atoms with E-state index in [1.807, 2.05) is 26.0 Å². The summed E-state index contributed by atoms with van der Waals surface area (Å²) >= 11 is 12.2. The molecule has 2 aromatic rings. The summed E-state index contributed by atoms with van der Waals surface area (Å²) in [5.41, 5.74) is 3.81. The second kappa shape index (κ2) is 4.98. The van der Waals surface area contributed by atoms with Gasteiger partial charge in [-0.3, -0.25) is 0 Å². The van der Waals surface area contributed by atoms with Crippen molar-refractivity contribution in [1.82, 2.24) is 9.97 Å². The molecule has 17 heavy (non-hydrogen) atoms. The lowest BCUT2D eigenvalue weighted by atomic mass is 10.2. The maximum atomic E-state index is 6.13. The van der Waals surface area contributed by atoms with Crippen LogP contribution >= 0.6 is 23.2 Å². The second-order valence-electron chi connectivity index (χ2n) is 3.91. The van der Waals surface area contributed by atoms with Crippen LogP contribution in [0.2, 0.25) is 10.0 Å². The number of imidazole rings is 1. The molecule has 0 amide bonds. The molecule has 0 aliphatic rings. The highest BCUT2D eigenvalue weighted by atomic mass is 35.5. The third-order valence-corrected chi connectivity index (χ3v) is 3.35. The fourth-order valence-corrected chi connectivity index (χ4v) is 1.97. The van der Waals surface area contributed by atoms with Gasteiger partial charge in [0, 0.05) is 10.7 Å². The second-order valence-corrected chi connectivity index (χ2v) is 4.72. The third-order valence-electron chi connectivity index (χ3n) is 2.63. The Morgan fingerprint density at radius 3 is 2.65 bits per heavy atom. The van der Waals surface area contributed by atoms with E-state index in [0.717, 1.165) is 22.6 Å². The maximum absolute atomic E-state index is 6.13. The average Bonchev–Trinajstić information content (AvgIpc) is 2.68. The first kappa shape index (κ1) is 12.3. The summed E-state index contributed by atoms with van der Waals surface area (Å²) in [6.45, 7) is 4.53. The summed E-state index contributed by atoms with van der Waals surface area (Å²) in [7, 11) is 0. The van der Waals surface area contributed by atoms with E-state index >= 15 is 0 Å². The number of aromatic amines is 1. The minimum absolute atomic E-state index is 0.619. The van der Waals surface area contributed by atoms with Crippen LogP contribution in [0.5, 0.6) is 0 Å². The van der Waals surface area contributed by atoms with Gasteiger partial charge in [0.2, 0.25) is 0 Å². The topological polar surface area (TPSA) is 40.7 Å². The van der Waals surface area contributed by atoms with Crippen molar-refractivity contribution in [2.45, 2.75) is 20.4 Å². The minimum atomic E-state index is 0.619. The summed E-state index contributed by atoms with van der Waals surface area (Å²) in [4.78, 5) is 7.24. The van der Waals surface area contributed by atoms with Crippen molar-refractivity contribution in [3.63, 3.8) is 0 Å². The molecule has 0 bridgehead atoms. The number of anilines is 1. The molecule has 0 saturated heterocycles. The van der Waals surface area contributed by atoms with Crippen molar-refractivity contribution in [3.8, 4) is 0 Å². The number of nitrogens with zero attached hydrogens (tertiary/aromatic N) is 1. The van der Waals surface area contributed by atoms with E-state index in [4.69, 9.17) is 23.2 Å². The van der Waals surface area contributed by atoms with Crippen LogP contribution in [0.15, 0.2) is 18.5 Å². The van der Waals surface area contributed by atoms with Gasteiger partial charge in [0.25, 0.3) is 0 Å². The van der Waals surface area contributed by atoms with Gasteiger partial charge >= 0.3 is 0 Å². The number of halogens is 2. The monoisotopic (exact) mass is 269 g/mol. The molecule has 0 saturated carbocycles. The zero-order valence-corrected chi connectivity index (χ0v) is 11.2. The SMILES string of the molecule is Cc1cc(Cl)c(NCc2nc[nH]c2C)cc1Cl. The highest BCUT2D eigenvalue weighted by Gasteiger charge is 2.06. The highest BCUT2D eigenvalue weighted by Crippen LogP contribution is 2.29. The van der Waals surface area contributed by atoms with Crippen LogP contribution in [0.4, 0.5) is 5.69 Å². The quantitative estimate of drug-likeness (QED) is 0.886. The Balaban J connectivity index is 2.14. The van der Waals surface area contributed by atoms with E-state index in [-0.39, 0.29) is 0 Å². The van der Waals surface area contributed by atoms with Gasteiger partial charge in [0.05, 0.1) is 29.3 Å². The average molecular weight is 270 g/mol. The van der Waals surface area contributed by atoms with Crippen LogP contribution in [0.3, 0.4) is 0 Å². The molecular formula is C12H13Cl2N3. The normalized spacial score (nSPS) is 10.6. The number of H-pyrrole nitrogens is 1. The van der Waals surface area contributed by atoms with Gasteiger partial charge in [-0.25, -0.2) is 4.98 Å². The molecule has 0 atom stereocenters. The molecule has 5 heteroatoms. The number of aryl methyl sites for hydroxylation is 2. The summed E-state index contributed by atoms with van der Waals surface area (Å²) < 4.78 is 0. The maximum Gasteiger partial charge on any atom is 0.0925 e. The predicted molar refractivity (Wildman–Crippen MR) is 71.9 cm³/mol. The van der Waals surface area contributed by atoms with Crippen LogP contribution in [0.25, 0.3) is 0 Å². The van der Waals surface area contributed by atoms with Gasteiger partial charge < -0.3 is 10.3 Å². The van der Waals surface area contributed by atoms with Crippen molar-refractivity contribution in [1.29, 1.82) is 0 Å². The Morgan fingerprint density at radius 2 is 2.00 bits per heavy atom. The van der Waals surface area contributed by atoms with Gasteiger partial charge in [-0.05, 0) is 31.5 Å². The Morgan fingerprint density at radius 1 is 1.24 bits per heavy atom. The molecule has 2 rings (SSSR count). The molecule has 0 unspecified atom stereocenters. The molecular weight excluding hydrogens is 257 g/mol. The van der Waals surface area contributed by atoms with Crippen LogP contribution < -0.4 is 5.32 Å². The number of benzene rings is 1. The van der Waals surface area contributed by atoms with Crippen LogP contribution in [-0.4, -0.2) is 9.97 Å². The lowest BCUT2D eigenvalue weighted by Gasteiger charge is -2.09. The molecule has 90 valence electrons. The molecule has 3 nitrogen and oxygen atoms in total. The molecule has 1 aromatic carbocycles. The van der Waals surface area contributed by atoms with Gasteiger partial charge in [-0.2, -0.15) is 0 Å². The van der Waals surface area contributed by atoms with Crippen molar-refractivity contribution >= 4 is 28.9 Å². The molecule has 1 heterocycles. The third kappa shape index (κ3) is 2.73. The molecule has 1 aromatic heterocycles. The smallest absolute Gasteiger partial charge is 0.0925 e. The van der Waals surface area contributed by atoms with E-state index in [0.29, 0.717) is 16.6 Å². The largest absolute Gasteiger partial charge is 0.378 e. The number of hydrogen-bond acceptors (Lipinski definition) is 2. The first-order valence-corrected chi connectivity index (χ1v) is 6.02. The van der Waals surface area contributed by atoms with Gasteiger partial charge in [-0.15, -0.1) is 0 Å². The summed E-state index contributed by atoms with van der Waals surface area (Å²) in [5.74, 6) is 0. The van der Waals surface area contributed by atoms with Crippen molar-refractivity contribution in [3.05, 3.63) is 45.5 Å². The van der Waals surface area contributed by atoms with Crippen LogP contribution in [0, 0.1) is 13.8 Å². The number of rotatable bonds is 3. The van der Waals surface area contributed by atoms with E-state index < -0.39 is 0 Å². The van der Waals surface area contributed by atoms with E-state index in [1.54, 1.807) is 6.33 Å². The van der Waals surface area contributed by atoms with Gasteiger partial charge in [-0.1, -0.05) is 23.2 Å². The van der Waals surface area contributed by atoms with Crippen LogP contribution in [-0.2, 0) is 6.54 Å². The molecule has 0 aliphatic carbocycles. The number of nitrogens with one attached hydrogen (secondary N) is 2. The van der Waals surface area contributed by atoms with Crippen LogP contribution in [0.1, 0.15) is 17.0 Å². The highest BCUT2D eigenvalue weighted by molar-refractivity contribution is 6.35. The zero-order chi connectivity index (χ0) is 12.4. The Hall–Kier alpha value is -1.19. The lowest BCUT2D eigenvalue weighted by molar-refractivity contribution is 1.05. The van der Waals surface area contributed by atoms with Gasteiger partial charge in [0.1, 0.15) is 0 Å². The Kier molecular flexibility index (Phi) is 3.60. The molecule has 0 fully saturated rings. The molecule has 0 spiro atoms. The fourth-order valence-electron chi connectivity index (χ4n) is 1.53. The Bertz CT molecular complexity index is 535. The fraction of sp³-hybridized carbons (Fsp3) is 0.250. The van der Waals surface area contributed by atoms with Crippen molar-refractivity contribution < 1.29 is 0 Å². The molecule has 2 N–H and O–H groups in total. The summed E-state index contributed by atoms with van der Waals surface area (Å²) in [6, 6.07) is 3.69. The minimum Gasteiger partial charge on any atom is -0.378 e. The summed E-state index contributed by atoms with van der Waals surface area (Å²) in [6.07, 6.45) is 1.68.